The maximum Gasteiger partial charge on any atom is 0.147 e. The average Bonchev–Trinajstić information content (AvgIpc) is 3.60. The lowest BCUT2D eigenvalue weighted by Crippen LogP contribution is -2.56. The number of nitrogens with zero attached hydrogens (tertiary/aromatic N) is 6. The van der Waals surface area contributed by atoms with Crippen LogP contribution >= 0.6 is 11.3 Å². The fourth-order valence-electron chi connectivity index (χ4n) is 4.42. The second-order valence-electron chi connectivity index (χ2n) is 8.46. The predicted octanol–water partition coefficient (Wildman–Crippen LogP) is 3.83. The number of aromatic amines is 2. The van der Waals surface area contributed by atoms with Crippen molar-refractivity contribution in [3.8, 4) is 33.9 Å². The molecule has 1 fully saturated rings. The Morgan fingerprint density at radius 1 is 0.971 bits per heavy atom. The molecule has 0 amide bonds. The van der Waals surface area contributed by atoms with E-state index in [1.54, 1.807) is 29.9 Å². The van der Waals surface area contributed by atoms with Gasteiger partial charge in [0.2, 0.25) is 0 Å². The van der Waals surface area contributed by atoms with Crippen LogP contribution in [-0.4, -0.2) is 54.2 Å². The maximum atomic E-state index is 5.92. The zero-order chi connectivity index (χ0) is 22.6. The summed E-state index contributed by atoms with van der Waals surface area (Å²) in [6.45, 7) is 1.58. The fourth-order valence-corrected chi connectivity index (χ4v) is 5.08. The summed E-state index contributed by atoms with van der Waals surface area (Å²) in [5, 5.41) is 14.0. The SMILES string of the molecule is NC1CN(c2cncc(-c3cc4c(-c5cc6c(-c7ccsc7)cncc6[nH]5)n[nH]c4cn3)n2)C1. The first kappa shape index (κ1) is 19.3. The number of nitrogens with two attached hydrogens (primary N) is 1. The summed E-state index contributed by atoms with van der Waals surface area (Å²) < 4.78 is 0. The molecule has 0 atom stereocenters. The highest BCUT2D eigenvalue weighted by Crippen LogP contribution is 2.34. The van der Waals surface area contributed by atoms with Crippen molar-refractivity contribution in [3.63, 3.8) is 0 Å². The molecule has 9 nitrogen and oxygen atoms in total. The van der Waals surface area contributed by atoms with Gasteiger partial charge < -0.3 is 15.6 Å². The van der Waals surface area contributed by atoms with Gasteiger partial charge >= 0.3 is 0 Å². The standard InChI is InChI=1S/C24H19N9S/c25-14-10-33(11-14)23-9-27-7-22(30-23)18-4-16-21(8-28-18)31-32-24(16)19-3-15-17(13-1-2-34-12-13)5-26-6-20(15)29-19/h1-9,12,14,29H,10-11,25H2,(H,31,32). The Labute approximate surface area is 197 Å². The lowest BCUT2D eigenvalue weighted by molar-refractivity contribution is 0.514. The minimum absolute atomic E-state index is 0.195. The molecule has 1 saturated heterocycles. The van der Waals surface area contributed by atoms with Gasteiger partial charge in [0.25, 0.3) is 0 Å². The van der Waals surface area contributed by atoms with Crippen LogP contribution in [0.2, 0.25) is 0 Å². The van der Waals surface area contributed by atoms with Crippen molar-refractivity contribution in [3.05, 3.63) is 59.9 Å². The molecule has 7 heterocycles. The summed E-state index contributed by atoms with van der Waals surface area (Å²) in [7, 11) is 0. The van der Waals surface area contributed by atoms with Gasteiger partial charge in [-0.15, -0.1) is 0 Å². The Morgan fingerprint density at radius 3 is 2.74 bits per heavy atom. The third-order valence-electron chi connectivity index (χ3n) is 6.20. The van der Waals surface area contributed by atoms with Crippen LogP contribution in [0, 0.1) is 0 Å². The number of rotatable bonds is 4. The van der Waals surface area contributed by atoms with E-state index in [0.29, 0.717) is 5.69 Å². The number of aromatic nitrogens is 7. The van der Waals surface area contributed by atoms with Crippen molar-refractivity contribution in [2.24, 2.45) is 5.73 Å². The summed E-state index contributed by atoms with van der Waals surface area (Å²) >= 11 is 1.67. The number of hydrogen-bond donors (Lipinski definition) is 3. The zero-order valence-electron chi connectivity index (χ0n) is 17.9. The van der Waals surface area contributed by atoms with Crippen LogP contribution in [0.15, 0.2) is 59.9 Å². The quantitative estimate of drug-likeness (QED) is 0.361. The van der Waals surface area contributed by atoms with Gasteiger partial charge in [0.1, 0.15) is 17.2 Å². The smallest absolute Gasteiger partial charge is 0.147 e. The molecule has 7 rings (SSSR count). The van der Waals surface area contributed by atoms with Gasteiger partial charge in [-0.1, -0.05) is 0 Å². The summed E-state index contributed by atoms with van der Waals surface area (Å²) in [4.78, 5) is 23.8. The van der Waals surface area contributed by atoms with Crippen molar-refractivity contribution in [2.75, 3.05) is 18.0 Å². The molecule has 6 aromatic rings. The number of thiophene rings is 1. The molecule has 0 aliphatic carbocycles. The average molecular weight is 466 g/mol. The van der Waals surface area contributed by atoms with E-state index < -0.39 is 0 Å². The number of nitrogens with one attached hydrogen (secondary N) is 2. The third-order valence-corrected chi connectivity index (χ3v) is 6.88. The van der Waals surface area contributed by atoms with Gasteiger partial charge in [-0.25, -0.2) is 4.98 Å². The Balaban J connectivity index is 1.31. The number of H-pyrrole nitrogens is 2. The minimum Gasteiger partial charge on any atom is -0.352 e. The fraction of sp³-hybridized carbons (Fsp3) is 0.125. The highest BCUT2D eigenvalue weighted by molar-refractivity contribution is 7.08. The van der Waals surface area contributed by atoms with Crippen LogP contribution in [0.1, 0.15) is 0 Å². The Bertz CT molecular complexity index is 1640. The molecule has 166 valence electrons. The molecule has 0 radical (unpaired) electrons. The van der Waals surface area contributed by atoms with E-state index in [0.717, 1.165) is 68.9 Å². The number of anilines is 1. The van der Waals surface area contributed by atoms with Crippen LogP contribution in [0.3, 0.4) is 0 Å². The monoisotopic (exact) mass is 465 g/mol. The first-order valence-electron chi connectivity index (χ1n) is 10.9. The predicted molar refractivity (Wildman–Crippen MR) is 134 cm³/mol. The van der Waals surface area contributed by atoms with Crippen molar-refractivity contribution in [1.82, 2.24) is 35.1 Å². The first-order chi connectivity index (χ1) is 16.7. The molecule has 10 heteroatoms. The van der Waals surface area contributed by atoms with Crippen LogP contribution in [0.25, 0.3) is 55.7 Å². The molecule has 4 N–H and O–H groups in total. The topological polar surface area (TPSA) is 125 Å². The molecule has 1 aliphatic rings. The van der Waals surface area contributed by atoms with Crippen molar-refractivity contribution in [1.29, 1.82) is 0 Å². The normalized spacial score (nSPS) is 14.2. The van der Waals surface area contributed by atoms with Gasteiger partial charge in [-0.05, 0) is 34.5 Å². The van der Waals surface area contributed by atoms with Gasteiger partial charge in [-0.2, -0.15) is 16.4 Å². The van der Waals surface area contributed by atoms with Gasteiger partial charge in [0.05, 0.1) is 47.2 Å². The van der Waals surface area contributed by atoms with Crippen LogP contribution in [-0.2, 0) is 0 Å². The van der Waals surface area contributed by atoms with E-state index in [1.165, 1.54) is 0 Å². The first-order valence-corrected chi connectivity index (χ1v) is 11.8. The Hall–Kier alpha value is -4.15. The molecule has 34 heavy (non-hydrogen) atoms. The molecule has 0 aromatic carbocycles. The molecule has 0 bridgehead atoms. The molecule has 0 saturated carbocycles. The summed E-state index contributed by atoms with van der Waals surface area (Å²) in [6, 6.07) is 6.44. The molecule has 1 aliphatic heterocycles. The lowest BCUT2D eigenvalue weighted by Gasteiger charge is -2.37. The molecular formula is C24H19N9S. The van der Waals surface area contributed by atoms with Crippen LogP contribution in [0.4, 0.5) is 5.82 Å². The lowest BCUT2D eigenvalue weighted by atomic mass is 10.1. The zero-order valence-corrected chi connectivity index (χ0v) is 18.8. The van der Waals surface area contributed by atoms with Crippen molar-refractivity contribution >= 4 is 39.0 Å². The highest BCUT2D eigenvalue weighted by atomic mass is 32.1. The molecule has 0 spiro atoms. The van der Waals surface area contributed by atoms with E-state index in [2.05, 4.69) is 57.9 Å². The molecule has 6 aromatic heterocycles. The maximum absolute atomic E-state index is 5.92. The van der Waals surface area contributed by atoms with E-state index in [1.807, 2.05) is 18.5 Å². The minimum atomic E-state index is 0.195. The third kappa shape index (κ3) is 3.07. The van der Waals surface area contributed by atoms with Crippen molar-refractivity contribution < 1.29 is 0 Å². The van der Waals surface area contributed by atoms with E-state index in [4.69, 9.17) is 10.7 Å². The number of fused-ring (bicyclic) bond motifs is 2. The number of pyridine rings is 2. The largest absolute Gasteiger partial charge is 0.352 e. The highest BCUT2D eigenvalue weighted by Gasteiger charge is 2.25. The van der Waals surface area contributed by atoms with Crippen molar-refractivity contribution in [2.45, 2.75) is 6.04 Å². The summed E-state index contributed by atoms with van der Waals surface area (Å²) in [6.07, 6.45) is 9.04. The second kappa shape index (κ2) is 7.44. The molecular weight excluding hydrogens is 446 g/mol. The van der Waals surface area contributed by atoms with E-state index in [9.17, 15) is 0 Å². The number of hydrogen-bond acceptors (Lipinski definition) is 8. The van der Waals surface area contributed by atoms with Gasteiger partial charge in [0.15, 0.2) is 0 Å². The van der Waals surface area contributed by atoms with Crippen LogP contribution < -0.4 is 10.6 Å². The van der Waals surface area contributed by atoms with E-state index >= 15 is 0 Å². The Kier molecular flexibility index (Phi) is 4.23. The summed E-state index contributed by atoms with van der Waals surface area (Å²) in [5.41, 5.74) is 13.2. The van der Waals surface area contributed by atoms with Crippen LogP contribution in [0.5, 0.6) is 0 Å². The van der Waals surface area contributed by atoms with Gasteiger partial charge in [-0.3, -0.25) is 20.1 Å². The van der Waals surface area contributed by atoms with Gasteiger partial charge in [0, 0.05) is 41.7 Å². The Morgan fingerprint density at radius 2 is 1.88 bits per heavy atom. The summed E-state index contributed by atoms with van der Waals surface area (Å²) in [5.74, 6) is 0.817. The van der Waals surface area contributed by atoms with E-state index in [-0.39, 0.29) is 6.04 Å². The second-order valence-corrected chi connectivity index (χ2v) is 9.24. The molecule has 0 unspecified atom stereocenters.